The molecule has 1 aromatic carbocycles. The molecule has 3 aliphatic rings. The summed E-state index contributed by atoms with van der Waals surface area (Å²) in [5.74, 6) is 1.87. The molecule has 4 atom stereocenters. The summed E-state index contributed by atoms with van der Waals surface area (Å²) in [6, 6.07) is 11.2. The first-order chi connectivity index (χ1) is 11.6. The van der Waals surface area contributed by atoms with Crippen molar-refractivity contribution in [3.63, 3.8) is 0 Å². The maximum absolute atomic E-state index is 12.0. The third kappa shape index (κ3) is 3.39. The first-order valence-corrected chi connectivity index (χ1v) is 11.0. The molecule has 2 saturated heterocycles. The summed E-state index contributed by atoms with van der Waals surface area (Å²) in [5.41, 5.74) is 1.39. The average molecular weight is 349 g/mol. The summed E-state index contributed by atoms with van der Waals surface area (Å²) in [4.78, 5) is 2.57. The lowest BCUT2D eigenvalue weighted by Gasteiger charge is -2.23. The predicted octanol–water partition coefficient (Wildman–Crippen LogP) is 2.06. The van der Waals surface area contributed by atoms with Crippen LogP contribution in [0.4, 0.5) is 0 Å². The van der Waals surface area contributed by atoms with Gasteiger partial charge in [0, 0.05) is 32.2 Å². The zero-order valence-electron chi connectivity index (χ0n) is 14.2. The molecule has 1 N–H and O–H groups in total. The van der Waals surface area contributed by atoms with Gasteiger partial charge in [0.1, 0.15) is 0 Å². The Hall–Kier alpha value is -0.910. The van der Waals surface area contributed by atoms with Gasteiger partial charge in [-0.25, -0.2) is 8.42 Å². The SMILES string of the molecule is O=S1(=O)CCCC1CNC1CCC2CN(Cc3ccccc3)CC21. The molecule has 24 heavy (non-hydrogen) atoms. The van der Waals surface area contributed by atoms with Crippen LogP contribution in [-0.2, 0) is 16.4 Å². The maximum atomic E-state index is 12.0. The summed E-state index contributed by atoms with van der Waals surface area (Å²) >= 11 is 0. The molecule has 0 radical (unpaired) electrons. The highest BCUT2D eigenvalue weighted by Gasteiger charge is 2.43. The van der Waals surface area contributed by atoms with Crippen molar-refractivity contribution in [2.75, 3.05) is 25.4 Å². The summed E-state index contributed by atoms with van der Waals surface area (Å²) in [6.45, 7) is 4.04. The Balaban J connectivity index is 1.31. The molecule has 0 amide bonds. The lowest BCUT2D eigenvalue weighted by Crippen LogP contribution is -2.41. The van der Waals surface area contributed by atoms with E-state index in [0.29, 0.717) is 24.3 Å². The second kappa shape index (κ2) is 6.77. The Kier molecular flexibility index (Phi) is 4.67. The summed E-state index contributed by atoms with van der Waals surface area (Å²) in [5, 5.41) is 3.49. The highest BCUT2D eigenvalue weighted by Crippen LogP contribution is 2.38. The number of nitrogens with one attached hydrogen (secondary N) is 1. The normalized spacial score (nSPS) is 35.3. The van der Waals surface area contributed by atoms with E-state index in [9.17, 15) is 8.42 Å². The second-order valence-corrected chi connectivity index (χ2v) is 10.2. The predicted molar refractivity (Wildman–Crippen MR) is 96.5 cm³/mol. The van der Waals surface area contributed by atoms with Crippen molar-refractivity contribution < 1.29 is 8.42 Å². The van der Waals surface area contributed by atoms with Crippen molar-refractivity contribution in [3.8, 4) is 0 Å². The van der Waals surface area contributed by atoms with Gasteiger partial charge in [-0.3, -0.25) is 4.90 Å². The van der Waals surface area contributed by atoms with Crippen LogP contribution < -0.4 is 5.32 Å². The third-order valence-corrected chi connectivity index (χ3v) is 8.53. The van der Waals surface area contributed by atoms with E-state index >= 15 is 0 Å². The standard InChI is InChI=1S/C19H28N2O2S/c22-24(23)10-4-7-17(24)11-20-19-9-8-16-13-21(14-18(16)19)12-15-5-2-1-3-6-15/h1-3,5-6,16-20H,4,7-14H2. The van der Waals surface area contributed by atoms with Crippen molar-refractivity contribution in [2.45, 2.75) is 43.5 Å². The van der Waals surface area contributed by atoms with Crippen LogP contribution in [0.2, 0.25) is 0 Å². The first kappa shape index (κ1) is 16.6. The van der Waals surface area contributed by atoms with Crippen LogP contribution >= 0.6 is 0 Å². The van der Waals surface area contributed by atoms with Crippen LogP contribution in [0.25, 0.3) is 0 Å². The molecule has 4 rings (SSSR count). The van der Waals surface area contributed by atoms with E-state index in [1.807, 2.05) is 0 Å². The van der Waals surface area contributed by atoms with Crippen LogP contribution in [0.5, 0.6) is 0 Å². The molecule has 0 bridgehead atoms. The summed E-state index contributed by atoms with van der Waals surface area (Å²) in [6.07, 6.45) is 4.18. The minimum Gasteiger partial charge on any atom is -0.312 e. The van der Waals surface area contributed by atoms with Crippen LogP contribution in [-0.4, -0.2) is 50.0 Å². The number of likely N-dealkylation sites (tertiary alicyclic amines) is 1. The highest BCUT2D eigenvalue weighted by molar-refractivity contribution is 7.92. The minimum absolute atomic E-state index is 0.140. The quantitative estimate of drug-likeness (QED) is 0.885. The molecular formula is C19H28N2O2S. The van der Waals surface area contributed by atoms with Crippen molar-refractivity contribution in [3.05, 3.63) is 35.9 Å². The molecule has 0 aromatic heterocycles. The molecule has 1 saturated carbocycles. The van der Waals surface area contributed by atoms with Crippen LogP contribution in [0, 0.1) is 11.8 Å². The molecule has 132 valence electrons. The van der Waals surface area contributed by atoms with E-state index in [0.717, 1.165) is 31.8 Å². The number of benzene rings is 1. The van der Waals surface area contributed by atoms with E-state index in [2.05, 4.69) is 40.5 Å². The van der Waals surface area contributed by atoms with Crippen molar-refractivity contribution >= 4 is 9.84 Å². The first-order valence-electron chi connectivity index (χ1n) is 9.33. The van der Waals surface area contributed by atoms with Gasteiger partial charge < -0.3 is 5.32 Å². The van der Waals surface area contributed by atoms with Gasteiger partial charge in [-0.05, 0) is 43.1 Å². The van der Waals surface area contributed by atoms with Gasteiger partial charge >= 0.3 is 0 Å². The zero-order chi connectivity index (χ0) is 16.6. The van der Waals surface area contributed by atoms with Crippen molar-refractivity contribution in [2.24, 2.45) is 11.8 Å². The molecule has 1 aliphatic carbocycles. The van der Waals surface area contributed by atoms with Crippen LogP contribution in [0.15, 0.2) is 30.3 Å². The molecule has 2 heterocycles. The van der Waals surface area contributed by atoms with Gasteiger partial charge in [-0.15, -0.1) is 0 Å². The van der Waals surface area contributed by atoms with Crippen LogP contribution in [0.3, 0.4) is 0 Å². The van der Waals surface area contributed by atoms with E-state index in [-0.39, 0.29) is 5.25 Å². The Morgan fingerprint density at radius 2 is 1.92 bits per heavy atom. The smallest absolute Gasteiger partial charge is 0.154 e. The Labute approximate surface area is 145 Å². The monoisotopic (exact) mass is 348 g/mol. The summed E-state index contributed by atoms with van der Waals surface area (Å²) in [7, 11) is -2.83. The fourth-order valence-electron chi connectivity index (χ4n) is 4.95. The number of nitrogens with zero attached hydrogens (tertiary/aromatic N) is 1. The largest absolute Gasteiger partial charge is 0.312 e. The maximum Gasteiger partial charge on any atom is 0.154 e. The average Bonchev–Trinajstić information content (AvgIpc) is 3.21. The molecule has 1 aromatic rings. The number of hydrogen-bond donors (Lipinski definition) is 1. The van der Waals surface area contributed by atoms with Gasteiger partial charge in [-0.2, -0.15) is 0 Å². The van der Waals surface area contributed by atoms with E-state index in [1.54, 1.807) is 0 Å². The van der Waals surface area contributed by atoms with Gasteiger partial charge in [0.05, 0.1) is 11.0 Å². The fraction of sp³-hybridized carbons (Fsp3) is 0.684. The molecule has 5 heteroatoms. The van der Waals surface area contributed by atoms with Gasteiger partial charge in [0.25, 0.3) is 0 Å². The molecular weight excluding hydrogens is 320 g/mol. The number of fused-ring (bicyclic) bond motifs is 1. The number of hydrogen-bond acceptors (Lipinski definition) is 4. The summed E-state index contributed by atoms with van der Waals surface area (Å²) < 4.78 is 24.0. The van der Waals surface area contributed by atoms with Gasteiger partial charge in [0.2, 0.25) is 0 Å². The Morgan fingerprint density at radius 3 is 2.67 bits per heavy atom. The lowest BCUT2D eigenvalue weighted by molar-refractivity contribution is 0.289. The molecule has 3 fully saturated rings. The van der Waals surface area contributed by atoms with E-state index < -0.39 is 9.84 Å². The number of sulfone groups is 1. The topological polar surface area (TPSA) is 49.4 Å². The molecule has 2 aliphatic heterocycles. The van der Waals surface area contributed by atoms with Gasteiger partial charge in [-0.1, -0.05) is 30.3 Å². The molecule has 4 unspecified atom stereocenters. The fourth-order valence-corrected chi connectivity index (χ4v) is 6.73. The van der Waals surface area contributed by atoms with E-state index in [4.69, 9.17) is 0 Å². The Morgan fingerprint density at radius 1 is 1.08 bits per heavy atom. The van der Waals surface area contributed by atoms with Crippen molar-refractivity contribution in [1.82, 2.24) is 10.2 Å². The third-order valence-electron chi connectivity index (χ3n) is 6.25. The lowest BCUT2D eigenvalue weighted by atomic mass is 9.98. The van der Waals surface area contributed by atoms with Crippen LogP contribution in [0.1, 0.15) is 31.2 Å². The van der Waals surface area contributed by atoms with Gasteiger partial charge in [0.15, 0.2) is 9.84 Å². The van der Waals surface area contributed by atoms with E-state index in [1.165, 1.54) is 24.9 Å². The second-order valence-electron chi connectivity index (χ2n) is 7.83. The van der Waals surface area contributed by atoms with Crippen molar-refractivity contribution in [1.29, 1.82) is 0 Å². The molecule has 4 nitrogen and oxygen atoms in total. The number of rotatable bonds is 5. The zero-order valence-corrected chi connectivity index (χ0v) is 15.0. The molecule has 0 spiro atoms. The minimum atomic E-state index is -2.83. The highest BCUT2D eigenvalue weighted by atomic mass is 32.2. The Bertz CT molecular complexity index is 661.